The van der Waals surface area contributed by atoms with Crippen LogP contribution in [0.2, 0.25) is 0 Å². The first kappa shape index (κ1) is 17.4. The Morgan fingerprint density at radius 1 is 1.14 bits per heavy atom. The van der Waals surface area contributed by atoms with E-state index in [1.54, 1.807) is 11.0 Å². The van der Waals surface area contributed by atoms with Gasteiger partial charge in [0.05, 0.1) is 5.56 Å². The van der Waals surface area contributed by atoms with Crippen molar-refractivity contribution in [1.82, 2.24) is 9.88 Å². The first-order valence-corrected chi connectivity index (χ1v) is 7.78. The lowest BCUT2D eigenvalue weighted by atomic mass is 10.1. The molecular formula is C16H26N2O3. The van der Waals surface area contributed by atoms with Crippen LogP contribution in [0.3, 0.4) is 0 Å². The van der Waals surface area contributed by atoms with Crippen molar-refractivity contribution in [3.8, 4) is 0 Å². The summed E-state index contributed by atoms with van der Waals surface area (Å²) in [7, 11) is 0. The summed E-state index contributed by atoms with van der Waals surface area (Å²) in [5.74, 6) is -0.0878. The summed E-state index contributed by atoms with van der Waals surface area (Å²) in [4.78, 5) is 27.7. The Kier molecular flexibility index (Phi) is 8.43. The number of nitrogens with zero attached hydrogens (tertiary/aromatic N) is 1. The zero-order chi connectivity index (χ0) is 15.5. The van der Waals surface area contributed by atoms with Crippen LogP contribution in [-0.4, -0.2) is 40.6 Å². The van der Waals surface area contributed by atoms with E-state index < -0.39 is 0 Å². The van der Waals surface area contributed by atoms with Gasteiger partial charge < -0.3 is 15.0 Å². The largest absolute Gasteiger partial charge is 0.396 e. The zero-order valence-electron chi connectivity index (χ0n) is 12.8. The molecule has 0 bridgehead atoms. The molecule has 0 aliphatic rings. The number of carbonyl (C=O) groups is 1. The molecule has 1 aromatic heterocycles. The third-order valence-electron chi connectivity index (χ3n) is 3.44. The van der Waals surface area contributed by atoms with E-state index in [0.29, 0.717) is 25.1 Å². The predicted octanol–water partition coefficient (Wildman–Crippen LogP) is 2.17. The normalized spacial score (nSPS) is 10.6. The van der Waals surface area contributed by atoms with Crippen LogP contribution in [0.1, 0.15) is 55.8 Å². The highest BCUT2D eigenvalue weighted by atomic mass is 16.3. The molecule has 0 atom stereocenters. The van der Waals surface area contributed by atoms with Gasteiger partial charge in [-0.3, -0.25) is 9.59 Å². The Labute approximate surface area is 126 Å². The summed E-state index contributed by atoms with van der Waals surface area (Å²) in [6.45, 7) is 3.49. The van der Waals surface area contributed by atoms with Crippen LogP contribution in [0.5, 0.6) is 0 Å². The molecule has 0 radical (unpaired) electrons. The van der Waals surface area contributed by atoms with Gasteiger partial charge in [0, 0.05) is 32.0 Å². The third kappa shape index (κ3) is 6.58. The van der Waals surface area contributed by atoms with Gasteiger partial charge in [-0.2, -0.15) is 0 Å². The van der Waals surface area contributed by atoms with E-state index in [4.69, 9.17) is 5.11 Å². The van der Waals surface area contributed by atoms with E-state index in [-0.39, 0.29) is 18.1 Å². The van der Waals surface area contributed by atoms with Crippen molar-refractivity contribution in [3.05, 3.63) is 34.2 Å². The summed E-state index contributed by atoms with van der Waals surface area (Å²) in [5.41, 5.74) is 0.272. The molecule has 0 saturated carbocycles. The van der Waals surface area contributed by atoms with Crippen molar-refractivity contribution >= 4 is 5.91 Å². The Morgan fingerprint density at radius 2 is 1.86 bits per heavy atom. The van der Waals surface area contributed by atoms with E-state index >= 15 is 0 Å². The highest BCUT2D eigenvalue weighted by Crippen LogP contribution is 2.08. The van der Waals surface area contributed by atoms with E-state index in [0.717, 1.165) is 12.8 Å². The van der Waals surface area contributed by atoms with Crippen LogP contribution in [0.4, 0.5) is 0 Å². The van der Waals surface area contributed by atoms with Crippen molar-refractivity contribution in [3.63, 3.8) is 0 Å². The minimum Gasteiger partial charge on any atom is -0.396 e. The fourth-order valence-corrected chi connectivity index (χ4v) is 2.21. The van der Waals surface area contributed by atoms with Crippen molar-refractivity contribution in [1.29, 1.82) is 0 Å². The number of amides is 1. The Hall–Kier alpha value is -1.62. The smallest absolute Gasteiger partial charge is 0.255 e. The van der Waals surface area contributed by atoms with Crippen molar-refractivity contribution in [2.45, 2.75) is 45.4 Å². The van der Waals surface area contributed by atoms with Gasteiger partial charge in [-0.25, -0.2) is 0 Å². The average Bonchev–Trinajstić information content (AvgIpc) is 2.50. The molecule has 1 rings (SSSR count). The van der Waals surface area contributed by atoms with Crippen molar-refractivity contribution in [2.24, 2.45) is 0 Å². The van der Waals surface area contributed by atoms with Crippen LogP contribution in [0, 0.1) is 0 Å². The molecule has 0 spiro atoms. The molecule has 5 nitrogen and oxygen atoms in total. The number of nitrogens with one attached hydrogen (secondary N) is 1. The number of hydrogen-bond donors (Lipinski definition) is 2. The fraction of sp³-hybridized carbons (Fsp3) is 0.625. The van der Waals surface area contributed by atoms with Crippen LogP contribution < -0.4 is 5.56 Å². The average molecular weight is 294 g/mol. The predicted molar refractivity (Wildman–Crippen MR) is 83.4 cm³/mol. The molecule has 5 heteroatoms. The highest BCUT2D eigenvalue weighted by Gasteiger charge is 2.15. The molecule has 0 aliphatic heterocycles. The SMILES string of the molecule is CCCCCCCN(CCCO)C(=O)c1ccc(=O)[nH]c1. The number of rotatable bonds is 10. The Balaban J connectivity index is 2.56. The number of aliphatic hydroxyl groups excluding tert-OH is 1. The summed E-state index contributed by atoms with van der Waals surface area (Å²) in [6.07, 6.45) is 7.73. The van der Waals surface area contributed by atoms with Gasteiger partial charge in [-0.05, 0) is 18.9 Å². The maximum absolute atomic E-state index is 12.4. The van der Waals surface area contributed by atoms with Crippen LogP contribution in [-0.2, 0) is 0 Å². The van der Waals surface area contributed by atoms with E-state index in [1.807, 2.05) is 0 Å². The molecular weight excluding hydrogens is 268 g/mol. The second kappa shape index (κ2) is 10.2. The van der Waals surface area contributed by atoms with E-state index in [9.17, 15) is 9.59 Å². The molecule has 2 N–H and O–H groups in total. The minimum absolute atomic E-state index is 0.0746. The number of aromatic nitrogens is 1. The van der Waals surface area contributed by atoms with Gasteiger partial charge in [0.15, 0.2) is 0 Å². The number of unbranched alkanes of at least 4 members (excludes halogenated alkanes) is 4. The van der Waals surface area contributed by atoms with Gasteiger partial charge in [0.25, 0.3) is 5.91 Å². The number of aromatic amines is 1. The standard InChI is InChI=1S/C16H26N2O3/c1-2-3-4-5-6-10-18(11-7-12-19)16(21)14-8-9-15(20)17-13-14/h8-9,13,19H,2-7,10-12H2,1H3,(H,17,20). The van der Waals surface area contributed by atoms with Crippen LogP contribution >= 0.6 is 0 Å². The molecule has 0 aromatic carbocycles. The highest BCUT2D eigenvalue weighted by molar-refractivity contribution is 5.93. The van der Waals surface area contributed by atoms with E-state index in [1.165, 1.54) is 31.5 Å². The molecule has 1 aromatic rings. The van der Waals surface area contributed by atoms with Crippen LogP contribution in [0.25, 0.3) is 0 Å². The van der Waals surface area contributed by atoms with Gasteiger partial charge >= 0.3 is 0 Å². The number of aliphatic hydroxyl groups is 1. The topological polar surface area (TPSA) is 73.4 Å². The molecule has 0 aliphatic carbocycles. The van der Waals surface area contributed by atoms with Crippen molar-refractivity contribution < 1.29 is 9.90 Å². The van der Waals surface area contributed by atoms with E-state index in [2.05, 4.69) is 11.9 Å². The molecule has 1 amide bonds. The summed E-state index contributed by atoms with van der Waals surface area (Å²) < 4.78 is 0. The minimum atomic E-state index is -0.215. The van der Waals surface area contributed by atoms with Gasteiger partial charge in [0.2, 0.25) is 5.56 Å². The molecule has 0 unspecified atom stereocenters. The van der Waals surface area contributed by atoms with Gasteiger partial charge in [0.1, 0.15) is 0 Å². The van der Waals surface area contributed by atoms with Crippen molar-refractivity contribution in [2.75, 3.05) is 19.7 Å². The Morgan fingerprint density at radius 3 is 2.48 bits per heavy atom. The summed E-state index contributed by atoms with van der Waals surface area (Å²) >= 11 is 0. The lowest BCUT2D eigenvalue weighted by molar-refractivity contribution is 0.0741. The summed E-state index contributed by atoms with van der Waals surface area (Å²) in [5, 5.41) is 8.96. The molecule has 0 saturated heterocycles. The molecule has 21 heavy (non-hydrogen) atoms. The molecule has 1 heterocycles. The monoisotopic (exact) mass is 294 g/mol. The Bertz CT molecular complexity index is 450. The maximum Gasteiger partial charge on any atom is 0.255 e. The number of carbonyl (C=O) groups excluding carboxylic acids is 1. The maximum atomic E-state index is 12.4. The fourth-order valence-electron chi connectivity index (χ4n) is 2.21. The summed E-state index contributed by atoms with van der Waals surface area (Å²) in [6, 6.07) is 2.91. The lowest BCUT2D eigenvalue weighted by Gasteiger charge is -2.22. The number of hydrogen-bond acceptors (Lipinski definition) is 3. The second-order valence-electron chi connectivity index (χ2n) is 5.23. The second-order valence-corrected chi connectivity index (χ2v) is 5.23. The first-order valence-electron chi connectivity index (χ1n) is 7.78. The quantitative estimate of drug-likeness (QED) is 0.650. The number of H-pyrrole nitrogens is 1. The van der Waals surface area contributed by atoms with Crippen LogP contribution in [0.15, 0.2) is 23.1 Å². The van der Waals surface area contributed by atoms with Gasteiger partial charge in [-0.1, -0.05) is 32.6 Å². The number of pyridine rings is 1. The zero-order valence-corrected chi connectivity index (χ0v) is 12.8. The molecule has 118 valence electrons. The first-order chi connectivity index (χ1) is 10.2. The molecule has 0 fully saturated rings. The lowest BCUT2D eigenvalue weighted by Crippen LogP contribution is -2.33. The third-order valence-corrected chi connectivity index (χ3v) is 3.44. The van der Waals surface area contributed by atoms with Gasteiger partial charge in [-0.15, -0.1) is 0 Å².